The Morgan fingerprint density at radius 3 is 2.63 bits per heavy atom. The molecular weight excluding hydrogens is 266 g/mol. The van der Waals surface area contributed by atoms with E-state index in [1.54, 1.807) is 29.2 Å². The van der Waals surface area contributed by atoms with E-state index < -0.39 is 5.60 Å². The van der Waals surface area contributed by atoms with Crippen LogP contribution in [0, 0.1) is 0 Å². The van der Waals surface area contributed by atoms with Gasteiger partial charge in [0.05, 0.1) is 18.7 Å². The van der Waals surface area contributed by atoms with Gasteiger partial charge in [-0.3, -0.25) is 4.79 Å². The lowest BCUT2D eigenvalue weighted by Gasteiger charge is -2.46. The van der Waals surface area contributed by atoms with Crippen molar-refractivity contribution >= 4 is 17.5 Å². The van der Waals surface area contributed by atoms with Crippen LogP contribution in [0.3, 0.4) is 0 Å². The molecule has 0 spiro atoms. The molecular formula is C14H18ClNO3. The van der Waals surface area contributed by atoms with Crippen molar-refractivity contribution in [1.29, 1.82) is 0 Å². The normalized spacial score (nSPS) is 16.9. The smallest absolute Gasteiger partial charge is 0.260 e. The average Bonchev–Trinajstić information content (AvgIpc) is 2.35. The predicted octanol–water partition coefficient (Wildman–Crippen LogP) is 2.09. The van der Waals surface area contributed by atoms with Gasteiger partial charge in [0.2, 0.25) is 0 Å². The van der Waals surface area contributed by atoms with Gasteiger partial charge in [-0.1, -0.05) is 24.9 Å². The number of hydrogen-bond acceptors (Lipinski definition) is 3. The number of likely N-dealkylation sites (tertiary alicyclic amines) is 1. The third kappa shape index (κ3) is 3.61. The molecule has 1 aromatic rings. The van der Waals surface area contributed by atoms with Gasteiger partial charge in [0.25, 0.3) is 5.91 Å². The van der Waals surface area contributed by atoms with Gasteiger partial charge in [-0.2, -0.15) is 0 Å². The summed E-state index contributed by atoms with van der Waals surface area (Å²) in [6.45, 7) is 2.82. The monoisotopic (exact) mass is 283 g/mol. The summed E-state index contributed by atoms with van der Waals surface area (Å²) in [4.78, 5) is 13.4. The molecule has 19 heavy (non-hydrogen) atoms. The zero-order chi connectivity index (χ0) is 13.9. The van der Waals surface area contributed by atoms with Gasteiger partial charge in [0, 0.05) is 5.02 Å². The summed E-state index contributed by atoms with van der Waals surface area (Å²) in [5.41, 5.74) is -0.690. The van der Waals surface area contributed by atoms with E-state index in [1.165, 1.54) is 0 Å². The van der Waals surface area contributed by atoms with Gasteiger partial charge in [-0.15, -0.1) is 0 Å². The Balaban J connectivity index is 1.76. The van der Waals surface area contributed by atoms with E-state index >= 15 is 0 Å². The topological polar surface area (TPSA) is 49.8 Å². The van der Waals surface area contributed by atoms with Crippen LogP contribution in [-0.2, 0) is 4.79 Å². The number of β-amino-alcohol motifs (C(OH)–C–C–N with tert-alkyl or cyclic N) is 1. The zero-order valence-corrected chi connectivity index (χ0v) is 11.7. The molecule has 104 valence electrons. The summed E-state index contributed by atoms with van der Waals surface area (Å²) in [6, 6.07) is 6.87. The van der Waals surface area contributed by atoms with E-state index in [0.29, 0.717) is 23.9 Å². The number of carbonyl (C=O) groups excluding carboxylic acids is 1. The third-order valence-electron chi connectivity index (χ3n) is 3.21. The lowest BCUT2D eigenvalue weighted by molar-refractivity contribution is -0.158. The summed E-state index contributed by atoms with van der Waals surface area (Å²) in [6.07, 6.45) is 1.65. The molecule has 2 rings (SSSR count). The molecule has 0 atom stereocenters. The van der Waals surface area contributed by atoms with Gasteiger partial charge in [0.15, 0.2) is 6.61 Å². The highest BCUT2D eigenvalue weighted by atomic mass is 35.5. The highest BCUT2D eigenvalue weighted by molar-refractivity contribution is 6.30. The molecule has 1 aliphatic heterocycles. The Kier molecular flexibility index (Phi) is 4.32. The Hall–Kier alpha value is -1.26. The molecule has 1 aliphatic rings. The second-order valence-electron chi connectivity index (χ2n) is 4.97. The molecule has 1 amide bonds. The molecule has 0 saturated carbocycles. The van der Waals surface area contributed by atoms with Gasteiger partial charge in [-0.25, -0.2) is 0 Å². The first-order valence-electron chi connectivity index (χ1n) is 6.41. The second kappa shape index (κ2) is 5.80. The number of aliphatic hydroxyl groups is 1. The number of amides is 1. The minimum Gasteiger partial charge on any atom is -0.484 e. The van der Waals surface area contributed by atoms with E-state index in [9.17, 15) is 9.90 Å². The van der Waals surface area contributed by atoms with Crippen molar-refractivity contribution in [2.24, 2.45) is 0 Å². The molecule has 1 N–H and O–H groups in total. The number of hydrogen-bond donors (Lipinski definition) is 1. The maximum atomic E-state index is 11.8. The van der Waals surface area contributed by atoms with Crippen molar-refractivity contribution in [1.82, 2.24) is 4.90 Å². The fourth-order valence-electron chi connectivity index (χ4n) is 2.23. The highest BCUT2D eigenvalue weighted by Gasteiger charge is 2.42. The van der Waals surface area contributed by atoms with Crippen LogP contribution in [0.2, 0.25) is 5.02 Å². The average molecular weight is 284 g/mol. The summed E-state index contributed by atoms with van der Waals surface area (Å²) in [7, 11) is 0. The molecule has 0 unspecified atom stereocenters. The van der Waals surface area contributed by atoms with Crippen molar-refractivity contribution in [3.05, 3.63) is 29.3 Å². The number of rotatable bonds is 5. The van der Waals surface area contributed by atoms with E-state index in [0.717, 1.165) is 12.8 Å². The molecule has 1 heterocycles. The van der Waals surface area contributed by atoms with Gasteiger partial charge in [0.1, 0.15) is 5.75 Å². The Morgan fingerprint density at radius 1 is 1.42 bits per heavy atom. The predicted molar refractivity (Wildman–Crippen MR) is 73.4 cm³/mol. The number of nitrogens with zero attached hydrogens (tertiary/aromatic N) is 1. The Labute approximate surface area is 117 Å². The highest BCUT2D eigenvalue weighted by Crippen LogP contribution is 2.25. The largest absolute Gasteiger partial charge is 0.484 e. The molecule has 0 aliphatic carbocycles. The summed E-state index contributed by atoms with van der Waals surface area (Å²) in [5, 5.41) is 10.6. The van der Waals surface area contributed by atoms with E-state index in [-0.39, 0.29) is 12.5 Å². The van der Waals surface area contributed by atoms with Crippen LogP contribution < -0.4 is 4.74 Å². The number of benzene rings is 1. The molecule has 0 bridgehead atoms. The van der Waals surface area contributed by atoms with Crippen LogP contribution in [0.1, 0.15) is 19.8 Å². The zero-order valence-electron chi connectivity index (χ0n) is 10.9. The first kappa shape index (κ1) is 14.2. The standard InChI is InChI=1S/C14H18ClNO3/c1-2-7-14(18)9-16(10-14)13(17)8-19-12-5-3-11(15)4-6-12/h3-6,18H,2,7-10H2,1H3. The van der Waals surface area contributed by atoms with Gasteiger partial charge < -0.3 is 14.7 Å². The van der Waals surface area contributed by atoms with Crippen molar-refractivity contribution in [2.45, 2.75) is 25.4 Å². The summed E-state index contributed by atoms with van der Waals surface area (Å²) in [5.74, 6) is 0.512. The van der Waals surface area contributed by atoms with Crippen molar-refractivity contribution < 1.29 is 14.6 Å². The number of ether oxygens (including phenoxy) is 1. The van der Waals surface area contributed by atoms with E-state index in [1.807, 2.05) is 6.92 Å². The van der Waals surface area contributed by atoms with Gasteiger partial charge >= 0.3 is 0 Å². The first-order valence-corrected chi connectivity index (χ1v) is 6.79. The van der Waals surface area contributed by atoms with E-state index in [4.69, 9.17) is 16.3 Å². The number of carbonyl (C=O) groups is 1. The fraction of sp³-hybridized carbons (Fsp3) is 0.500. The lowest BCUT2D eigenvalue weighted by atomic mass is 9.89. The van der Waals surface area contributed by atoms with E-state index in [2.05, 4.69) is 0 Å². The minimum atomic E-state index is -0.690. The third-order valence-corrected chi connectivity index (χ3v) is 3.47. The van der Waals surface area contributed by atoms with Crippen molar-refractivity contribution in [2.75, 3.05) is 19.7 Å². The molecule has 1 saturated heterocycles. The maximum absolute atomic E-state index is 11.8. The second-order valence-corrected chi connectivity index (χ2v) is 5.40. The van der Waals surface area contributed by atoms with Crippen molar-refractivity contribution in [3.8, 4) is 5.75 Å². The van der Waals surface area contributed by atoms with Crippen LogP contribution in [0.5, 0.6) is 5.75 Å². The van der Waals surface area contributed by atoms with Crippen molar-refractivity contribution in [3.63, 3.8) is 0 Å². The molecule has 5 heteroatoms. The minimum absolute atomic E-state index is 0.0101. The molecule has 4 nitrogen and oxygen atoms in total. The number of halogens is 1. The van der Waals surface area contributed by atoms with Crippen LogP contribution >= 0.6 is 11.6 Å². The van der Waals surface area contributed by atoms with Crippen LogP contribution in [0.25, 0.3) is 0 Å². The van der Waals surface area contributed by atoms with Crippen LogP contribution in [0.15, 0.2) is 24.3 Å². The maximum Gasteiger partial charge on any atom is 0.260 e. The molecule has 1 fully saturated rings. The lowest BCUT2D eigenvalue weighted by Crippen LogP contribution is -2.64. The Bertz CT molecular complexity index is 441. The summed E-state index contributed by atoms with van der Waals surface area (Å²) < 4.78 is 5.38. The van der Waals surface area contributed by atoms with Crippen LogP contribution in [0.4, 0.5) is 0 Å². The summed E-state index contributed by atoms with van der Waals surface area (Å²) >= 11 is 5.76. The molecule has 0 radical (unpaired) electrons. The fourth-order valence-corrected chi connectivity index (χ4v) is 2.36. The molecule has 0 aromatic heterocycles. The Morgan fingerprint density at radius 2 is 2.05 bits per heavy atom. The first-order chi connectivity index (χ1) is 9.02. The quantitative estimate of drug-likeness (QED) is 0.900. The van der Waals surface area contributed by atoms with Gasteiger partial charge in [-0.05, 0) is 30.7 Å². The molecule has 1 aromatic carbocycles. The SMILES string of the molecule is CCCC1(O)CN(C(=O)COc2ccc(Cl)cc2)C1. The van der Waals surface area contributed by atoms with Crippen LogP contribution in [-0.4, -0.2) is 41.2 Å².